The van der Waals surface area contributed by atoms with Gasteiger partial charge in [0.15, 0.2) is 17.3 Å². The molecule has 2 aromatic carbocycles. The lowest BCUT2D eigenvalue weighted by Crippen LogP contribution is -2.13. The Labute approximate surface area is 164 Å². The van der Waals surface area contributed by atoms with Crippen LogP contribution in [-0.2, 0) is 0 Å². The number of amides is 1. The first-order valence-corrected chi connectivity index (χ1v) is 9.12. The van der Waals surface area contributed by atoms with Gasteiger partial charge in [0.1, 0.15) is 0 Å². The Morgan fingerprint density at radius 2 is 1.78 bits per heavy atom. The number of hydrogen-bond acceptors (Lipinski definition) is 4. The fourth-order valence-electron chi connectivity index (χ4n) is 2.38. The minimum absolute atomic E-state index is 0.0301. The third-order valence-corrected chi connectivity index (χ3v) is 4.26. The van der Waals surface area contributed by atoms with Crippen molar-refractivity contribution in [1.82, 2.24) is 0 Å². The van der Waals surface area contributed by atoms with Crippen LogP contribution in [0, 0.1) is 5.92 Å². The highest BCUT2D eigenvalue weighted by Gasteiger charge is 2.16. The van der Waals surface area contributed by atoms with Crippen molar-refractivity contribution in [3.63, 3.8) is 0 Å². The molecule has 0 fully saturated rings. The Morgan fingerprint density at radius 1 is 1.11 bits per heavy atom. The standard InChI is InChI=1S/C21H24ClNO4/c1-13(2)9-10-27-20-18(22)11-16(12-19(20)26-4)21(25)23-17-7-5-15(6-8-17)14(3)24/h5-8,11-13H,9-10H2,1-4H3,(H,23,25). The Balaban J connectivity index is 2.16. The van der Waals surface area contributed by atoms with E-state index in [0.717, 1.165) is 6.42 Å². The summed E-state index contributed by atoms with van der Waals surface area (Å²) in [7, 11) is 1.50. The van der Waals surface area contributed by atoms with Crippen LogP contribution in [0.1, 0.15) is 47.9 Å². The van der Waals surface area contributed by atoms with Crippen LogP contribution in [0.2, 0.25) is 5.02 Å². The molecule has 0 aliphatic heterocycles. The van der Waals surface area contributed by atoms with Crippen LogP contribution >= 0.6 is 11.6 Å². The van der Waals surface area contributed by atoms with Gasteiger partial charge in [0.05, 0.1) is 18.7 Å². The molecule has 0 aliphatic carbocycles. The quantitative estimate of drug-likeness (QED) is 0.628. The zero-order valence-corrected chi connectivity index (χ0v) is 16.7. The smallest absolute Gasteiger partial charge is 0.255 e. The summed E-state index contributed by atoms with van der Waals surface area (Å²) in [6.45, 7) is 6.23. The first kappa shape index (κ1) is 20.8. The molecule has 0 radical (unpaired) electrons. The minimum atomic E-state index is -0.334. The molecule has 144 valence electrons. The van der Waals surface area contributed by atoms with E-state index in [9.17, 15) is 9.59 Å². The van der Waals surface area contributed by atoms with Crippen molar-refractivity contribution in [2.75, 3.05) is 19.0 Å². The van der Waals surface area contributed by atoms with E-state index in [1.807, 2.05) is 0 Å². The predicted octanol–water partition coefficient (Wildman–Crippen LogP) is 5.23. The van der Waals surface area contributed by atoms with Crippen LogP contribution in [0.4, 0.5) is 5.69 Å². The number of rotatable bonds is 8. The summed E-state index contributed by atoms with van der Waals surface area (Å²) < 4.78 is 11.1. The summed E-state index contributed by atoms with van der Waals surface area (Å²) in [5, 5.41) is 3.09. The normalized spacial score (nSPS) is 10.6. The van der Waals surface area contributed by atoms with Gasteiger partial charge in [-0.05, 0) is 55.7 Å². The molecule has 0 saturated heterocycles. The van der Waals surface area contributed by atoms with Gasteiger partial charge >= 0.3 is 0 Å². The van der Waals surface area contributed by atoms with Gasteiger partial charge in [-0.15, -0.1) is 0 Å². The van der Waals surface area contributed by atoms with E-state index in [4.69, 9.17) is 21.1 Å². The lowest BCUT2D eigenvalue weighted by Gasteiger charge is -2.15. The largest absolute Gasteiger partial charge is 0.493 e. The molecule has 0 saturated carbocycles. The summed E-state index contributed by atoms with van der Waals surface area (Å²) in [6, 6.07) is 9.83. The van der Waals surface area contributed by atoms with Gasteiger partial charge in [-0.3, -0.25) is 9.59 Å². The maximum Gasteiger partial charge on any atom is 0.255 e. The van der Waals surface area contributed by atoms with Crippen molar-refractivity contribution >= 4 is 29.0 Å². The molecular weight excluding hydrogens is 366 g/mol. The van der Waals surface area contributed by atoms with Crippen LogP contribution in [-0.4, -0.2) is 25.4 Å². The molecule has 1 N–H and O–H groups in total. The fourth-order valence-corrected chi connectivity index (χ4v) is 2.64. The molecule has 0 aliphatic rings. The van der Waals surface area contributed by atoms with E-state index in [1.165, 1.54) is 14.0 Å². The molecule has 1 amide bonds. The molecule has 0 spiro atoms. The van der Waals surface area contributed by atoms with E-state index in [-0.39, 0.29) is 11.7 Å². The Kier molecular flexibility index (Phi) is 7.25. The van der Waals surface area contributed by atoms with Crippen LogP contribution in [0.15, 0.2) is 36.4 Å². The second kappa shape index (κ2) is 9.42. The first-order chi connectivity index (χ1) is 12.8. The second-order valence-corrected chi connectivity index (χ2v) is 7.02. The number of methoxy groups -OCH3 is 1. The van der Waals surface area contributed by atoms with E-state index >= 15 is 0 Å². The Bertz CT molecular complexity index is 816. The van der Waals surface area contributed by atoms with Crippen molar-refractivity contribution < 1.29 is 19.1 Å². The highest BCUT2D eigenvalue weighted by atomic mass is 35.5. The van der Waals surface area contributed by atoms with Gasteiger partial charge in [-0.2, -0.15) is 0 Å². The Morgan fingerprint density at radius 3 is 2.33 bits per heavy atom. The number of anilines is 1. The number of carbonyl (C=O) groups excluding carboxylic acids is 2. The summed E-state index contributed by atoms with van der Waals surface area (Å²) in [5.74, 6) is 0.983. The van der Waals surface area contributed by atoms with Crippen LogP contribution in [0.5, 0.6) is 11.5 Å². The first-order valence-electron chi connectivity index (χ1n) is 8.74. The van der Waals surface area contributed by atoms with Crippen LogP contribution in [0.25, 0.3) is 0 Å². The summed E-state index contributed by atoms with van der Waals surface area (Å²) in [4.78, 5) is 23.9. The van der Waals surface area contributed by atoms with Crippen LogP contribution in [0.3, 0.4) is 0 Å². The highest BCUT2D eigenvalue weighted by molar-refractivity contribution is 6.32. The van der Waals surface area contributed by atoms with Crippen LogP contribution < -0.4 is 14.8 Å². The number of halogens is 1. The van der Waals surface area contributed by atoms with E-state index in [1.54, 1.807) is 36.4 Å². The highest BCUT2D eigenvalue weighted by Crippen LogP contribution is 2.36. The average molecular weight is 390 g/mol. The summed E-state index contributed by atoms with van der Waals surface area (Å²) in [5.41, 5.74) is 1.52. The van der Waals surface area contributed by atoms with Gasteiger partial charge in [-0.1, -0.05) is 25.4 Å². The topological polar surface area (TPSA) is 64.6 Å². The maximum absolute atomic E-state index is 12.5. The molecule has 0 unspecified atom stereocenters. The number of carbonyl (C=O) groups is 2. The summed E-state index contributed by atoms with van der Waals surface area (Å²) >= 11 is 6.31. The molecule has 2 rings (SSSR count). The van der Waals surface area contributed by atoms with Crippen molar-refractivity contribution in [3.05, 3.63) is 52.5 Å². The average Bonchev–Trinajstić information content (AvgIpc) is 2.62. The maximum atomic E-state index is 12.5. The zero-order valence-electron chi connectivity index (χ0n) is 16.0. The molecule has 0 atom stereocenters. The van der Waals surface area contributed by atoms with Gasteiger partial charge in [0, 0.05) is 16.8 Å². The van der Waals surface area contributed by atoms with Gasteiger partial charge in [0.25, 0.3) is 5.91 Å². The van der Waals surface area contributed by atoms with Crippen molar-refractivity contribution in [1.29, 1.82) is 0 Å². The Hall–Kier alpha value is -2.53. The van der Waals surface area contributed by atoms with Gasteiger partial charge in [-0.25, -0.2) is 0 Å². The predicted molar refractivity (Wildman–Crippen MR) is 107 cm³/mol. The molecule has 0 bridgehead atoms. The van der Waals surface area contributed by atoms with E-state index < -0.39 is 0 Å². The molecule has 0 aromatic heterocycles. The minimum Gasteiger partial charge on any atom is -0.493 e. The SMILES string of the molecule is COc1cc(C(=O)Nc2ccc(C(C)=O)cc2)cc(Cl)c1OCCC(C)C. The lowest BCUT2D eigenvalue weighted by atomic mass is 10.1. The zero-order chi connectivity index (χ0) is 20.0. The lowest BCUT2D eigenvalue weighted by molar-refractivity contribution is 0.101. The number of benzene rings is 2. The number of hydrogen-bond donors (Lipinski definition) is 1. The fraction of sp³-hybridized carbons (Fsp3) is 0.333. The molecule has 27 heavy (non-hydrogen) atoms. The monoisotopic (exact) mass is 389 g/mol. The third-order valence-electron chi connectivity index (χ3n) is 3.98. The molecule has 5 nitrogen and oxygen atoms in total. The molecule has 0 heterocycles. The molecular formula is C21H24ClNO4. The number of ether oxygens (including phenoxy) is 2. The second-order valence-electron chi connectivity index (χ2n) is 6.61. The molecule has 2 aromatic rings. The summed E-state index contributed by atoms with van der Waals surface area (Å²) in [6.07, 6.45) is 0.887. The van der Waals surface area contributed by atoms with Crippen molar-refractivity contribution in [3.8, 4) is 11.5 Å². The number of ketones is 1. The van der Waals surface area contributed by atoms with E-state index in [2.05, 4.69) is 19.2 Å². The number of nitrogens with one attached hydrogen (secondary N) is 1. The number of Topliss-reactive ketones (excluding diaryl/α,β-unsaturated/α-hetero) is 1. The van der Waals surface area contributed by atoms with Gasteiger partial charge < -0.3 is 14.8 Å². The van der Waals surface area contributed by atoms with Crippen molar-refractivity contribution in [2.24, 2.45) is 5.92 Å². The molecule has 6 heteroatoms. The third kappa shape index (κ3) is 5.73. The van der Waals surface area contributed by atoms with Crippen molar-refractivity contribution in [2.45, 2.75) is 27.2 Å². The van der Waals surface area contributed by atoms with E-state index in [0.29, 0.717) is 45.9 Å². The van der Waals surface area contributed by atoms with Gasteiger partial charge in [0.2, 0.25) is 0 Å².